The molecule has 0 amide bonds. The van der Waals surface area contributed by atoms with Gasteiger partial charge >= 0.3 is 5.97 Å². The Hall–Kier alpha value is -3.60. The fourth-order valence-corrected chi connectivity index (χ4v) is 4.21. The number of esters is 1. The first-order valence-corrected chi connectivity index (χ1v) is 13.5. The average Bonchev–Trinajstić information content (AvgIpc) is 2.97. The maximum absolute atomic E-state index is 11.4. The standard InChI is InChI=1S/C23H25N.C11H15NO2.ClH/c1-19(20-11-5-2-6-12-20)24-18-17-23(21-13-7-3-8-14-21)22-15-9-4-10-16-22;1-2-3-8-14-11(13)9-4-6-10(12)7-5-9;/h2-16,19,23-24H,17-18H2,1H3;4-7H,2-3,8,12H2,1H3;1H. The maximum atomic E-state index is 11.4. The normalized spacial score (nSPS) is 11.1. The number of hydrogen-bond donors (Lipinski definition) is 2. The van der Waals surface area contributed by atoms with E-state index in [4.69, 9.17) is 10.5 Å². The van der Waals surface area contributed by atoms with Crippen LogP contribution in [-0.4, -0.2) is 19.1 Å². The minimum Gasteiger partial charge on any atom is -0.462 e. The van der Waals surface area contributed by atoms with Crippen LogP contribution in [0.15, 0.2) is 115 Å². The molecular formula is C34H41ClN2O2. The van der Waals surface area contributed by atoms with Crippen molar-refractivity contribution in [2.45, 2.75) is 45.1 Å². The SMILES string of the molecule is CC(NCCC(c1ccccc1)c1ccccc1)c1ccccc1.CCCCOC(=O)c1ccc(N)cc1.Cl. The first kappa shape index (κ1) is 31.6. The van der Waals surface area contributed by atoms with E-state index >= 15 is 0 Å². The van der Waals surface area contributed by atoms with E-state index in [0.717, 1.165) is 25.8 Å². The summed E-state index contributed by atoms with van der Waals surface area (Å²) in [5.74, 6) is 0.154. The monoisotopic (exact) mass is 544 g/mol. The lowest BCUT2D eigenvalue weighted by Crippen LogP contribution is -2.21. The van der Waals surface area contributed by atoms with Crippen LogP contribution in [0, 0.1) is 0 Å². The molecule has 1 atom stereocenters. The molecule has 4 rings (SSSR count). The molecule has 0 aromatic heterocycles. The summed E-state index contributed by atoms with van der Waals surface area (Å²) in [4.78, 5) is 11.4. The summed E-state index contributed by atoms with van der Waals surface area (Å²) in [6, 6.07) is 39.4. The molecule has 0 radical (unpaired) electrons. The lowest BCUT2D eigenvalue weighted by atomic mass is 9.88. The summed E-state index contributed by atoms with van der Waals surface area (Å²) in [6.45, 7) is 5.76. The molecule has 0 bridgehead atoms. The molecule has 0 spiro atoms. The first-order valence-electron chi connectivity index (χ1n) is 13.5. The smallest absolute Gasteiger partial charge is 0.338 e. The molecule has 0 fully saturated rings. The number of rotatable bonds is 11. The van der Waals surface area contributed by atoms with Crippen molar-refractivity contribution in [3.8, 4) is 0 Å². The Balaban J connectivity index is 0.000000306. The number of carbonyl (C=O) groups is 1. The van der Waals surface area contributed by atoms with Crippen LogP contribution in [0.5, 0.6) is 0 Å². The number of unbranched alkanes of at least 4 members (excludes halogenated alkanes) is 1. The van der Waals surface area contributed by atoms with Crippen LogP contribution in [0.25, 0.3) is 0 Å². The minimum atomic E-state index is -0.279. The van der Waals surface area contributed by atoms with Crippen molar-refractivity contribution in [1.29, 1.82) is 0 Å². The van der Waals surface area contributed by atoms with Gasteiger partial charge in [0.2, 0.25) is 0 Å². The number of ether oxygens (including phenoxy) is 1. The van der Waals surface area contributed by atoms with Gasteiger partial charge in [0.15, 0.2) is 0 Å². The quantitative estimate of drug-likeness (QED) is 0.113. The van der Waals surface area contributed by atoms with E-state index < -0.39 is 0 Å². The van der Waals surface area contributed by atoms with Crippen molar-refractivity contribution < 1.29 is 9.53 Å². The average molecular weight is 545 g/mol. The predicted octanol–water partition coefficient (Wildman–Crippen LogP) is 8.21. The molecule has 39 heavy (non-hydrogen) atoms. The van der Waals surface area contributed by atoms with Gasteiger partial charge in [-0.2, -0.15) is 0 Å². The van der Waals surface area contributed by atoms with Crippen molar-refractivity contribution in [2.75, 3.05) is 18.9 Å². The van der Waals surface area contributed by atoms with Gasteiger partial charge in [-0.05, 0) is 67.3 Å². The van der Waals surface area contributed by atoms with Crippen LogP contribution < -0.4 is 11.1 Å². The Labute approximate surface area is 240 Å². The van der Waals surface area contributed by atoms with Crippen molar-refractivity contribution in [3.05, 3.63) is 138 Å². The van der Waals surface area contributed by atoms with Gasteiger partial charge in [-0.3, -0.25) is 0 Å². The Morgan fingerprint density at radius 2 is 1.26 bits per heavy atom. The second-order valence-electron chi connectivity index (χ2n) is 9.36. The fourth-order valence-electron chi connectivity index (χ4n) is 4.21. The van der Waals surface area contributed by atoms with Crippen molar-refractivity contribution in [3.63, 3.8) is 0 Å². The molecule has 0 aliphatic heterocycles. The van der Waals surface area contributed by atoms with E-state index in [9.17, 15) is 4.79 Å². The number of hydrogen-bond acceptors (Lipinski definition) is 4. The van der Waals surface area contributed by atoms with Crippen LogP contribution in [0.4, 0.5) is 5.69 Å². The zero-order valence-corrected chi connectivity index (χ0v) is 23.8. The summed E-state index contributed by atoms with van der Waals surface area (Å²) in [7, 11) is 0. The first-order chi connectivity index (χ1) is 18.6. The molecule has 0 saturated heterocycles. The number of carbonyl (C=O) groups excluding carboxylic acids is 1. The third-order valence-corrected chi connectivity index (χ3v) is 6.46. The summed E-state index contributed by atoms with van der Waals surface area (Å²) < 4.78 is 5.03. The van der Waals surface area contributed by atoms with Crippen LogP contribution in [-0.2, 0) is 4.74 Å². The topological polar surface area (TPSA) is 64.3 Å². The molecule has 1 unspecified atom stereocenters. The Bertz CT molecular complexity index is 1150. The number of anilines is 1. The van der Waals surface area contributed by atoms with E-state index in [1.807, 2.05) is 0 Å². The van der Waals surface area contributed by atoms with Crippen LogP contribution >= 0.6 is 12.4 Å². The highest BCUT2D eigenvalue weighted by atomic mass is 35.5. The second kappa shape index (κ2) is 17.8. The molecule has 4 aromatic rings. The lowest BCUT2D eigenvalue weighted by molar-refractivity contribution is 0.0500. The molecule has 4 nitrogen and oxygen atoms in total. The van der Waals surface area contributed by atoms with Crippen molar-refractivity contribution in [1.82, 2.24) is 5.32 Å². The predicted molar refractivity (Wildman–Crippen MR) is 165 cm³/mol. The highest BCUT2D eigenvalue weighted by molar-refractivity contribution is 5.89. The van der Waals surface area contributed by atoms with Crippen LogP contribution in [0.2, 0.25) is 0 Å². The molecule has 5 heteroatoms. The highest BCUT2D eigenvalue weighted by Gasteiger charge is 2.14. The molecule has 0 heterocycles. The van der Waals surface area contributed by atoms with Gasteiger partial charge < -0.3 is 15.8 Å². The number of nitrogens with two attached hydrogens (primary N) is 1. The second-order valence-corrected chi connectivity index (χ2v) is 9.36. The summed E-state index contributed by atoms with van der Waals surface area (Å²) >= 11 is 0. The molecule has 0 aliphatic carbocycles. The van der Waals surface area contributed by atoms with Gasteiger partial charge in [0.05, 0.1) is 12.2 Å². The van der Waals surface area contributed by atoms with E-state index in [1.54, 1.807) is 24.3 Å². The number of nitrogens with one attached hydrogen (secondary N) is 1. The lowest BCUT2D eigenvalue weighted by Gasteiger charge is -2.20. The Kier molecular flexibility index (Phi) is 14.5. The van der Waals surface area contributed by atoms with E-state index in [-0.39, 0.29) is 18.4 Å². The van der Waals surface area contributed by atoms with E-state index in [1.165, 1.54) is 16.7 Å². The molecule has 206 valence electrons. The molecule has 0 aliphatic rings. The Morgan fingerprint density at radius 1 is 0.769 bits per heavy atom. The zero-order valence-electron chi connectivity index (χ0n) is 23.0. The fraction of sp³-hybridized carbons (Fsp3) is 0.265. The van der Waals surface area contributed by atoms with E-state index in [2.05, 4.69) is 110 Å². The zero-order chi connectivity index (χ0) is 27.0. The maximum Gasteiger partial charge on any atom is 0.338 e. The van der Waals surface area contributed by atoms with Gasteiger partial charge in [-0.15, -0.1) is 12.4 Å². The van der Waals surface area contributed by atoms with Gasteiger partial charge in [-0.25, -0.2) is 4.79 Å². The third-order valence-electron chi connectivity index (χ3n) is 6.46. The van der Waals surface area contributed by atoms with Gasteiger partial charge in [0.1, 0.15) is 0 Å². The van der Waals surface area contributed by atoms with Crippen molar-refractivity contribution in [2.24, 2.45) is 0 Å². The van der Waals surface area contributed by atoms with Crippen molar-refractivity contribution >= 4 is 24.1 Å². The largest absolute Gasteiger partial charge is 0.462 e. The number of nitrogen functional groups attached to an aromatic ring is 1. The molecule has 3 N–H and O–H groups in total. The Morgan fingerprint density at radius 3 is 1.74 bits per heavy atom. The van der Waals surface area contributed by atoms with Crippen LogP contribution in [0.1, 0.15) is 72.1 Å². The molecular weight excluding hydrogens is 504 g/mol. The summed E-state index contributed by atoms with van der Waals surface area (Å²) in [6.07, 6.45) is 3.01. The molecule has 4 aromatic carbocycles. The minimum absolute atomic E-state index is 0. The van der Waals surface area contributed by atoms with Gasteiger partial charge in [0.25, 0.3) is 0 Å². The molecule has 0 saturated carbocycles. The van der Waals surface area contributed by atoms with Gasteiger partial charge in [-0.1, -0.05) is 104 Å². The number of halogens is 1. The number of benzene rings is 4. The summed E-state index contributed by atoms with van der Waals surface area (Å²) in [5.41, 5.74) is 10.8. The van der Waals surface area contributed by atoms with Crippen LogP contribution in [0.3, 0.4) is 0 Å². The third kappa shape index (κ3) is 11.0. The van der Waals surface area contributed by atoms with E-state index in [0.29, 0.717) is 29.8 Å². The summed E-state index contributed by atoms with van der Waals surface area (Å²) in [5, 5.41) is 3.67. The van der Waals surface area contributed by atoms with Gasteiger partial charge in [0, 0.05) is 17.6 Å². The highest BCUT2D eigenvalue weighted by Crippen LogP contribution is 2.27.